The van der Waals surface area contributed by atoms with E-state index in [2.05, 4.69) is 28.5 Å². The summed E-state index contributed by atoms with van der Waals surface area (Å²) in [5.41, 5.74) is 4.36. The molecule has 23 heavy (non-hydrogen) atoms. The molecule has 1 aliphatic heterocycles. The van der Waals surface area contributed by atoms with Gasteiger partial charge in [0.2, 0.25) is 0 Å². The number of nitrogens with one attached hydrogen (secondary N) is 2. The standard InChI is InChI=1S/C18H24N2O3/c1-23-18-8-11(10-22)9-19-16(18)7-12-14(5-6-21)20-15-4-2-3-13(18)17(12)15/h2-4,11,16,19-22H,5-10H2,1H3/t11-,16-,18+/m1/s1. The molecule has 2 aliphatic rings. The SMILES string of the molecule is CO[C@]12C[C@@H](CO)CN[C@@H]1Cc1c(CCO)[nH]c3cccc2c13. The summed E-state index contributed by atoms with van der Waals surface area (Å²) in [4.78, 5) is 3.48. The molecule has 5 heteroatoms. The zero-order valence-corrected chi connectivity index (χ0v) is 13.4. The minimum atomic E-state index is -0.392. The van der Waals surface area contributed by atoms with Gasteiger partial charge in [0.15, 0.2) is 0 Å². The molecule has 124 valence electrons. The molecular formula is C18H24N2O3. The molecule has 0 radical (unpaired) electrons. The molecule has 1 fully saturated rings. The normalized spacial score (nSPS) is 29.7. The topological polar surface area (TPSA) is 77.5 Å². The molecule has 4 rings (SSSR count). The van der Waals surface area contributed by atoms with Crippen LogP contribution in [0.3, 0.4) is 0 Å². The lowest BCUT2D eigenvalue weighted by Crippen LogP contribution is -2.59. The highest BCUT2D eigenvalue weighted by Crippen LogP contribution is 2.47. The minimum Gasteiger partial charge on any atom is -0.396 e. The Morgan fingerprint density at radius 3 is 2.96 bits per heavy atom. The van der Waals surface area contributed by atoms with Gasteiger partial charge < -0.3 is 25.3 Å². The van der Waals surface area contributed by atoms with Gasteiger partial charge in [0, 0.05) is 55.9 Å². The molecule has 0 unspecified atom stereocenters. The fraction of sp³-hybridized carbons (Fsp3) is 0.556. The van der Waals surface area contributed by atoms with Crippen LogP contribution in [0.1, 0.15) is 23.2 Å². The molecule has 2 aromatic rings. The predicted molar refractivity (Wildman–Crippen MR) is 88.5 cm³/mol. The number of benzene rings is 1. The van der Waals surface area contributed by atoms with E-state index in [1.165, 1.54) is 16.5 Å². The summed E-state index contributed by atoms with van der Waals surface area (Å²) in [6, 6.07) is 6.50. The van der Waals surface area contributed by atoms with Crippen LogP contribution in [0.4, 0.5) is 0 Å². The van der Waals surface area contributed by atoms with E-state index in [-0.39, 0.29) is 25.2 Å². The first-order chi connectivity index (χ1) is 11.2. The molecule has 0 bridgehead atoms. The summed E-state index contributed by atoms with van der Waals surface area (Å²) >= 11 is 0. The second kappa shape index (κ2) is 5.60. The first-order valence-electron chi connectivity index (χ1n) is 8.36. The average molecular weight is 316 g/mol. The van der Waals surface area contributed by atoms with Crippen molar-refractivity contribution in [2.24, 2.45) is 5.92 Å². The monoisotopic (exact) mass is 316 g/mol. The molecule has 1 aliphatic carbocycles. The van der Waals surface area contributed by atoms with Gasteiger partial charge in [0.05, 0.1) is 0 Å². The van der Waals surface area contributed by atoms with Crippen molar-refractivity contribution >= 4 is 10.9 Å². The number of aliphatic hydroxyl groups excluding tert-OH is 2. The maximum absolute atomic E-state index is 9.63. The van der Waals surface area contributed by atoms with Crippen LogP contribution in [0.2, 0.25) is 0 Å². The van der Waals surface area contributed by atoms with Gasteiger partial charge in [-0.3, -0.25) is 0 Å². The van der Waals surface area contributed by atoms with E-state index >= 15 is 0 Å². The van der Waals surface area contributed by atoms with Gasteiger partial charge in [0.25, 0.3) is 0 Å². The Hall–Kier alpha value is -1.40. The number of rotatable bonds is 4. The van der Waals surface area contributed by atoms with Crippen LogP contribution >= 0.6 is 0 Å². The molecule has 4 N–H and O–H groups in total. The Labute approximate surface area is 135 Å². The summed E-state index contributed by atoms with van der Waals surface area (Å²) in [7, 11) is 1.78. The van der Waals surface area contributed by atoms with E-state index in [4.69, 9.17) is 4.74 Å². The number of fused-ring (bicyclic) bond motifs is 2. The molecule has 0 spiro atoms. The Kier molecular flexibility index (Phi) is 3.69. The smallest absolute Gasteiger partial charge is 0.109 e. The molecule has 1 saturated heterocycles. The number of aromatic nitrogens is 1. The number of aliphatic hydroxyl groups is 2. The highest BCUT2D eigenvalue weighted by molar-refractivity contribution is 5.90. The van der Waals surface area contributed by atoms with Crippen LogP contribution in [0.15, 0.2) is 18.2 Å². The molecule has 3 atom stereocenters. The Bertz CT molecular complexity index is 726. The Morgan fingerprint density at radius 2 is 2.22 bits per heavy atom. The van der Waals surface area contributed by atoms with Crippen LogP contribution < -0.4 is 5.32 Å². The van der Waals surface area contributed by atoms with Gasteiger partial charge in [-0.15, -0.1) is 0 Å². The summed E-state index contributed by atoms with van der Waals surface area (Å²) in [5.74, 6) is 0.207. The first kappa shape index (κ1) is 15.1. The van der Waals surface area contributed by atoms with Gasteiger partial charge in [-0.2, -0.15) is 0 Å². The summed E-state index contributed by atoms with van der Waals surface area (Å²) < 4.78 is 6.09. The Morgan fingerprint density at radius 1 is 1.35 bits per heavy atom. The second-order valence-electron chi connectivity index (χ2n) is 6.80. The number of ether oxygens (including phenoxy) is 1. The lowest BCUT2D eigenvalue weighted by molar-refractivity contribution is -0.0884. The van der Waals surface area contributed by atoms with Crippen LogP contribution in [0.25, 0.3) is 10.9 Å². The van der Waals surface area contributed by atoms with Crippen molar-refractivity contribution in [1.82, 2.24) is 10.3 Å². The van der Waals surface area contributed by atoms with Gasteiger partial charge in [0.1, 0.15) is 5.60 Å². The molecule has 0 saturated carbocycles. The third kappa shape index (κ3) is 2.08. The van der Waals surface area contributed by atoms with Crippen molar-refractivity contribution in [2.45, 2.75) is 30.9 Å². The predicted octanol–water partition coefficient (Wildman–Crippen LogP) is 1.07. The highest BCUT2D eigenvalue weighted by atomic mass is 16.5. The van der Waals surface area contributed by atoms with Gasteiger partial charge in [-0.25, -0.2) is 0 Å². The van der Waals surface area contributed by atoms with Crippen molar-refractivity contribution in [2.75, 3.05) is 26.9 Å². The van der Waals surface area contributed by atoms with E-state index in [1.54, 1.807) is 7.11 Å². The van der Waals surface area contributed by atoms with Crippen molar-refractivity contribution in [3.8, 4) is 0 Å². The summed E-state index contributed by atoms with van der Waals surface area (Å²) in [6.07, 6.45) is 2.37. The zero-order chi connectivity index (χ0) is 16.0. The minimum absolute atomic E-state index is 0.148. The molecule has 0 amide bonds. The number of methoxy groups -OCH3 is 1. The van der Waals surface area contributed by atoms with E-state index in [9.17, 15) is 10.2 Å². The third-order valence-corrected chi connectivity index (χ3v) is 5.67. The van der Waals surface area contributed by atoms with E-state index < -0.39 is 5.60 Å². The van der Waals surface area contributed by atoms with E-state index in [1.807, 2.05) is 0 Å². The lowest BCUT2D eigenvalue weighted by atomic mass is 9.69. The number of H-pyrrole nitrogens is 1. The number of hydrogen-bond donors (Lipinski definition) is 4. The molecule has 5 nitrogen and oxygen atoms in total. The summed E-state index contributed by atoms with van der Waals surface area (Å²) in [5, 5.41) is 23.8. The zero-order valence-electron chi connectivity index (χ0n) is 13.4. The first-order valence-corrected chi connectivity index (χ1v) is 8.36. The van der Waals surface area contributed by atoms with E-state index in [0.717, 1.165) is 30.6 Å². The van der Waals surface area contributed by atoms with Crippen LogP contribution in [0, 0.1) is 5.92 Å². The van der Waals surface area contributed by atoms with Crippen molar-refractivity contribution in [1.29, 1.82) is 0 Å². The Balaban J connectivity index is 1.92. The molecule has 1 aromatic carbocycles. The van der Waals surface area contributed by atoms with E-state index in [0.29, 0.717) is 6.42 Å². The van der Waals surface area contributed by atoms with Crippen molar-refractivity contribution < 1.29 is 14.9 Å². The molecule has 2 heterocycles. The number of hydrogen-bond acceptors (Lipinski definition) is 4. The van der Waals surface area contributed by atoms with Gasteiger partial charge in [-0.1, -0.05) is 12.1 Å². The summed E-state index contributed by atoms with van der Waals surface area (Å²) in [6.45, 7) is 1.14. The molecular weight excluding hydrogens is 292 g/mol. The second-order valence-corrected chi connectivity index (χ2v) is 6.80. The third-order valence-electron chi connectivity index (χ3n) is 5.67. The average Bonchev–Trinajstić information content (AvgIpc) is 2.94. The maximum atomic E-state index is 9.63. The van der Waals surface area contributed by atoms with Crippen molar-refractivity contribution in [3.05, 3.63) is 35.0 Å². The quantitative estimate of drug-likeness (QED) is 0.680. The maximum Gasteiger partial charge on any atom is 0.109 e. The lowest BCUT2D eigenvalue weighted by Gasteiger charge is -2.49. The fourth-order valence-electron chi connectivity index (χ4n) is 4.59. The number of piperidine rings is 1. The van der Waals surface area contributed by atoms with Gasteiger partial charge >= 0.3 is 0 Å². The highest BCUT2D eigenvalue weighted by Gasteiger charge is 2.49. The fourth-order valence-corrected chi connectivity index (χ4v) is 4.59. The molecule has 1 aromatic heterocycles. The number of aromatic amines is 1. The van der Waals surface area contributed by atoms with Gasteiger partial charge in [-0.05, 0) is 36.0 Å². The van der Waals surface area contributed by atoms with Crippen LogP contribution in [-0.2, 0) is 23.2 Å². The van der Waals surface area contributed by atoms with Crippen molar-refractivity contribution in [3.63, 3.8) is 0 Å². The largest absolute Gasteiger partial charge is 0.396 e. The van der Waals surface area contributed by atoms with Crippen LogP contribution in [0.5, 0.6) is 0 Å². The van der Waals surface area contributed by atoms with Crippen LogP contribution in [-0.4, -0.2) is 48.1 Å².